The van der Waals surface area contributed by atoms with Crippen LogP contribution in [0.15, 0.2) is 0 Å². The quantitative estimate of drug-likeness (QED) is 0.0748. The molecule has 0 amide bonds. The Labute approximate surface area is 223 Å². The number of hydrogen-bond acceptors (Lipinski definition) is 5. The van der Waals surface area contributed by atoms with Crippen LogP contribution < -0.4 is 0 Å². The van der Waals surface area contributed by atoms with Crippen LogP contribution in [0.5, 0.6) is 0 Å². The van der Waals surface area contributed by atoms with E-state index < -0.39 is 31.0 Å². The molecule has 0 aliphatic heterocycles. The normalized spacial score (nSPS) is 15.7. The fourth-order valence-corrected chi connectivity index (χ4v) is 5.06. The van der Waals surface area contributed by atoms with Gasteiger partial charge in [0.05, 0.1) is 27.2 Å². The first-order valence-corrected chi connectivity index (χ1v) is 15.4. The van der Waals surface area contributed by atoms with Crippen LogP contribution in [0.1, 0.15) is 135 Å². The lowest BCUT2D eigenvalue weighted by Crippen LogP contribution is -2.54. The molecule has 4 atom stereocenters. The lowest BCUT2D eigenvalue weighted by Gasteiger charge is -2.34. The van der Waals surface area contributed by atoms with E-state index in [0.29, 0.717) is 4.48 Å². The van der Waals surface area contributed by atoms with E-state index in [9.17, 15) is 20.4 Å². The van der Waals surface area contributed by atoms with Crippen LogP contribution in [0.3, 0.4) is 0 Å². The van der Waals surface area contributed by atoms with Gasteiger partial charge >= 0.3 is 0 Å². The summed E-state index contributed by atoms with van der Waals surface area (Å²) in [4.78, 5) is 0. The number of aliphatic hydroxyl groups excluding tert-OH is 5. The molecule has 0 aromatic heterocycles. The van der Waals surface area contributed by atoms with Crippen molar-refractivity contribution < 1.29 is 30.0 Å². The van der Waals surface area contributed by atoms with Gasteiger partial charge in [-0.25, -0.2) is 0 Å². The monoisotopic (exact) mass is 518 g/mol. The molecule has 0 saturated heterocycles. The third-order valence-corrected chi connectivity index (χ3v) is 7.62. The van der Waals surface area contributed by atoms with E-state index >= 15 is 0 Å². The molecule has 218 valence electrons. The number of quaternary nitrogens is 1. The van der Waals surface area contributed by atoms with Crippen molar-refractivity contribution >= 4 is 0 Å². The molecule has 0 spiro atoms. The molecule has 0 aliphatic carbocycles. The average molecular weight is 519 g/mol. The Kier molecular flexibility index (Phi) is 23.7. The topological polar surface area (TPSA) is 101 Å². The number of rotatable bonds is 27. The molecule has 36 heavy (non-hydrogen) atoms. The van der Waals surface area contributed by atoms with Gasteiger partial charge in [0.1, 0.15) is 31.0 Å². The van der Waals surface area contributed by atoms with Gasteiger partial charge in [0.25, 0.3) is 0 Å². The average Bonchev–Trinajstić information content (AvgIpc) is 2.85. The van der Waals surface area contributed by atoms with Gasteiger partial charge in [0.15, 0.2) is 0 Å². The molecule has 0 rings (SSSR count). The van der Waals surface area contributed by atoms with Gasteiger partial charge < -0.3 is 30.0 Å². The maximum atomic E-state index is 10.2. The van der Waals surface area contributed by atoms with Crippen LogP contribution >= 0.6 is 0 Å². The van der Waals surface area contributed by atoms with Crippen LogP contribution in [0.2, 0.25) is 0 Å². The zero-order valence-electron chi connectivity index (χ0n) is 24.3. The van der Waals surface area contributed by atoms with Crippen molar-refractivity contribution in [1.29, 1.82) is 0 Å². The van der Waals surface area contributed by atoms with Crippen molar-refractivity contribution in [2.24, 2.45) is 0 Å². The molecule has 6 nitrogen and oxygen atoms in total. The Balaban J connectivity index is 3.49. The molecule has 0 aliphatic rings. The SMILES string of the molecule is CCCCCCCCCCCCCCCCCCCCCC[N+](C)(C)CC(O)C(O)C(O)C(O)CO. The van der Waals surface area contributed by atoms with E-state index in [1.807, 2.05) is 14.1 Å². The zero-order valence-corrected chi connectivity index (χ0v) is 24.3. The summed E-state index contributed by atoms with van der Waals surface area (Å²) >= 11 is 0. The van der Waals surface area contributed by atoms with Gasteiger partial charge in [-0.3, -0.25) is 0 Å². The summed E-state index contributed by atoms with van der Waals surface area (Å²) in [6.45, 7) is 2.81. The van der Waals surface area contributed by atoms with Crippen molar-refractivity contribution in [3.8, 4) is 0 Å². The van der Waals surface area contributed by atoms with E-state index in [4.69, 9.17) is 5.11 Å². The van der Waals surface area contributed by atoms with Crippen LogP contribution in [0.25, 0.3) is 0 Å². The largest absolute Gasteiger partial charge is 0.394 e. The highest BCUT2D eigenvalue weighted by molar-refractivity contribution is 4.80. The highest BCUT2D eigenvalue weighted by Crippen LogP contribution is 2.16. The van der Waals surface area contributed by atoms with E-state index in [0.717, 1.165) is 13.0 Å². The highest BCUT2D eigenvalue weighted by Gasteiger charge is 2.33. The van der Waals surface area contributed by atoms with Crippen molar-refractivity contribution in [3.05, 3.63) is 0 Å². The van der Waals surface area contributed by atoms with Crippen molar-refractivity contribution in [1.82, 2.24) is 0 Å². The van der Waals surface area contributed by atoms with Crippen LogP contribution in [-0.4, -0.2) is 88.2 Å². The number of hydrogen-bond donors (Lipinski definition) is 5. The predicted molar refractivity (Wildman–Crippen MR) is 151 cm³/mol. The molecule has 0 radical (unpaired) electrons. The maximum Gasteiger partial charge on any atom is 0.131 e. The number of aliphatic hydroxyl groups is 5. The summed E-state index contributed by atoms with van der Waals surface area (Å²) in [5, 5.41) is 48.3. The molecule has 6 heteroatoms. The minimum absolute atomic E-state index is 0.287. The fraction of sp³-hybridized carbons (Fsp3) is 1.00. The van der Waals surface area contributed by atoms with Gasteiger partial charge in [-0.15, -0.1) is 0 Å². The Bertz CT molecular complexity index is 463. The molecule has 0 bridgehead atoms. The Morgan fingerprint density at radius 2 is 0.778 bits per heavy atom. The van der Waals surface area contributed by atoms with Gasteiger partial charge in [-0.05, 0) is 12.8 Å². The summed E-state index contributed by atoms with van der Waals surface area (Å²) in [5.74, 6) is 0. The van der Waals surface area contributed by atoms with Crippen molar-refractivity contribution in [2.45, 2.75) is 160 Å². The van der Waals surface area contributed by atoms with E-state index in [1.165, 1.54) is 122 Å². The van der Waals surface area contributed by atoms with Crippen LogP contribution in [0.4, 0.5) is 0 Å². The summed E-state index contributed by atoms with van der Waals surface area (Å²) in [5.41, 5.74) is 0. The van der Waals surface area contributed by atoms with Gasteiger partial charge in [0.2, 0.25) is 0 Å². The molecule has 0 aromatic carbocycles. The number of nitrogens with zero attached hydrogens (tertiary/aromatic N) is 1. The predicted octanol–water partition coefficient (Wildman–Crippen LogP) is 5.32. The molecule has 5 N–H and O–H groups in total. The second-order valence-electron chi connectivity index (χ2n) is 11.9. The summed E-state index contributed by atoms with van der Waals surface area (Å²) in [6, 6.07) is 0. The summed E-state index contributed by atoms with van der Waals surface area (Å²) in [6.07, 6.45) is 21.6. The van der Waals surface area contributed by atoms with Crippen molar-refractivity contribution in [3.63, 3.8) is 0 Å². The van der Waals surface area contributed by atoms with Gasteiger partial charge in [-0.2, -0.15) is 0 Å². The first-order valence-electron chi connectivity index (χ1n) is 15.4. The van der Waals surface area contributed by atoms with Crippen LogP contribution in [-0.2, 0) is 0 Å². The van der Waals surface area contributed by atoms with E-state index in [2.05, 4.69) is 6.92 Å². The Morgan fingerprint density at radius 1 is 0.472 bits per heavy atom. The molecule has 0 saturated carbocycles. The molecule has 0 aromatic rings. The molecular weight excluding hydrogens is 454 g/mol. The third-order valence-electron chi connectivity index (χ3n) is 7.62. The first-order chi connectivity index (χ1) is 17.2. The second-order valence-corrected chi connectivity index (χ2v) is 11.9. The van der Waals surface area contributed by atoms with E-state index in [1.54, 1.807) is 0 Å². The van der Waals surface area contributed by atoms with E-state index in [-0.39, 0.29) is 6.54 Å². The molecular formula is C30H64NO5+. The smallest absolute Gasteiger partial charge is 0.131 e. The minimum atomic E-state index is -1.55. The standard InChI is InChI=1S/C30H64NO5/c1-4-5-6-7-8-9-10-11-12-13-14-15-16-17-18-19-20-21-22-23-24-31(2,3)25-27(33)29(35)30(36)28(34)26-32/h27-30,32-36H,4-26H2,1-3H3/q+1. The first kappa shape index (κ1) is 35.8. The van der Waals surface area contributed by atoms with Crippen molar-refractivity contribution in [2.75, 3.05) is 33.8 Å². The third kappa shape index (κ3) is 20.8. The Hall–Kier alpha value is -0.240. The van der Waals surface area contributed by atoms with Gasteiger partial charge in [-0.1, -0.05) is 122 Å². The molecule has 0 heterocycles. The number of likely N-dealkylation sites (N-methyl/N-ethyl adjacent to an activating group) is 1. The zero-order chi connectivity index (χ0) is 27.1. The molecule has 0 fully saturated rings. The Morgan fingerprint density at radius 3 is 1.11 bits per heavy atom. The minimum Gasteiger partial charge on any atom is -0.394 e. The summed E-state index contributed by atoms with van der Waals surface area (Å²) in [7, 11) is 4.00. The maximum absolute atomic E-state index is 10.2. The highest BCUT2D eigenvalue weighted by atomic mass is 16.4. The lowest BCUT2D eigenvalue weighted by atomic mass is 10.0. The lowest BCUT2D eigenvalue weighted by molar-refractivity contribution is -0.894. The molecule has 4 unspecified atom stereocenters. The van der Waals surface area contributed by atoms with Crippen LogP contribution in [0, 0.1) is 0 Å². The fourth-order valence-electron chi connectivity index (χ4n) is 5.06. The second kappa shape index (κ2) is 23.8. The summed E-state index contributed by atoms with van der Waals surface area (Å²) < 4.78 is 0.541. The number of unbranched alkanes of at least 4 members (excludes halogenated alkanes) is 19. The van der Waals surface area contributed by atoms with Gasteiger partial charge in [0, 0.05) is 0 Å².